The molecule has 9 N–H and O–H groups in total. The van der Waals surface area contributed by atoms with Gasteiger partial charge in [-0.25, -0.2) is 0 Å². The molecule has 0 bridgehead atoms. The van der Waals surface area contributed by atoms with Crippen molar-refractivity contribution in [2.45, 2.75) is 43.8 Å². The number of phenols is 1. The third kappa shape index (κ3) is 8.16. The van der Waals surface area contributed by atoms with E-state index in [9.17, 15) is 19.5 Å². The molecule has 2 amide bonds. The molecule has 27 heavy (non-hydrogen) atoms. The number of carbonyl (C=O) groups excluding carboxylic acids is 3. The Labute approximate surface area is 158 Å². The smallest absolute Gasteiger partial charge is 0.244 e. The van der Waals surface area contributed by atoms with E-state index in [0.717, 1.165) is 12.0 Å². The van der Waals surface area contributed by atoms with E-state index >= 15 is 0 Å². The van der Waals surface area contributed by atoms with E-state index in [1.807, 2.05) is 0 Å². The number of aldehydes is 1. The second-order valence-corrected chi connectivity index (χ2v) is 6.31. The zero-order chi connectivity index (χ0) is 20.2. The molecule has 0 unspecified atom stereocenters. The third-order valence-electron chi connectivity index (χ3n) is 4.06. The molecule has 0 fully saturated rings. The van der Waals surface area contributed by atoms with Crippen molar-refractivity contribution >= 4 is 18.1 Å². The van der Waals surface area contributed by atoms with Gasteiger partial charge in [-0.05, 0) is 43.5 Å². The molecule has 1 aromatic carbocycles. The van der Waals surface area contributed by atoms with Crippen LogP contribution in [-0.4, -0.2) is 54.4 Å². The summed E-state index contributed by atoms with van der Waals surface area (Å²) < 4.78 is 0. The third-order valence-corrected chi connectivity index (χ3v) is 4.06. The topological polar surface area (TPSA) is 174 Å². The number of amides is 2. The first kappa shape index (κ1) is 22.6. The SMILES string of the molecule is NCCCC[C@@H](N)C(=O)N[C@@H](CN)C(=O)N[C@@H](C=O)Cc1ccc(O)cc1. The van der Waals surface area contributed by atoms with Gasteiger partial charge in [0.25, 0.3) is 0 Å². The largest absolute Gasteiger partial charge is 0.508 e. The normalized spacial score (nSPS) is 14.0. The molecule has 9 heteroatoms. The molecule has 0 saturated carbocycles. The van der Waals surface area contributed by atoms with Crippen molar-refractivity contribution in [1.29, 1.82) is 0 Å². The van der Waals surface area contributed by atoms with E-state index < -0.39 is 29.9 Å². The first-order valence-corrected chi connectivity index (χ1v) is 8.91. The van der Waals surface area contributed by atoms with Gasteiger partial charge in [0.1, 0.15) is 18.1 Å². The van der Waals surface area contributed by atoms with E-state index in [1.165, 1.54) is 12.1 Å². The number of aromatic hydroxyl groups is 1. The van der Waals surface area contributed by atoms with Crippen molar-refractivity contribution in [2.75, 3.05) is 13.1 Å². The average Bonchev–Trinajstić information content (AvgIpc) is 2.66. The Morgan fingerprint density at radius 2 is 1.74 bits per heavy atom. The molecule has 1 aromatic rings. The van der Waals surface area contributed by atoms with Crippen LogP contribution in [0, 0.1) is 0 Å². The summed E-state index contributed by atoms with van der Waals surface area (Å²) in [6.07, 6.45) is 2.79. The van der Waals surface area contributed by atoms with Crippen molar-refractivity contribution in [3.8, 4) is 5.75 Å². The van der Waals surface area contributed by atoms with Gasteiger partial charge in [0.05, 0.1) is 12.1 Å². The fraction of sp³-hybridized carbons (Fsp3) is 0.500. The number of phenolic OH excluding ortho intramolecular Hbond substituents is 1. The van der Waals surface area contributed by atoms with Crippen LogP contribution in [0.25, 0.3) is 0 Å². The molecular formula is C18H29N5O4. The lowest BCUT2D eigenvalue weighted by Gasteiger charge is -2.21. The van der Waals surface area contributed by atoms with Crippen molar-refractivity contribution in [2.24, 2.45) is 17.2 Å². The van der Waals surface area contributed by atoms with Crippen LogP contribution in [0.4, 0.5) is 0 Å². The van der Waals surface area contributed by atoms with E-state index in [0.29, 0.717) is 25.7 Å². The van der Waals surface area contributed by atoms with Crippen LogP contribution in [-0.2, 0) is 20.8 Å². The van der Waals surface area contributed by atoms with Crippen molar-refractivity contribution in [3.63, 3.8) is 0 Å². The summed E-state index contributed by atoms with van der Waals surface area (Å²) in [6.45, 7) is 0.397. The van der Waals surface area contributed by atoms with Crippen molar-refractivity contribution in [3.05, 3.63) is 29.8 Å². The van der Waals surface area contributed by atoms with Gasteiger partial charge >= 0.3 is 0 Å². The van der Waals surface area contributed by atoms with Crippen LogP contribution < -0.4 is 27.8 Å². The van der Waals surface area contributed by atoms with Gasteiger partial charge in [0.15, 0.2) is 0 Å². The van der Waals surface area contributed by atoms with Crippen LogP contribution in [0.15, 0.2) is 24.3 Å². The number of carbonyl (C=O) groups is 3. The summed E-state index contributed by atoms with van der Waals surface area (Å²) in [5, 5.41) is 14.4. The van der Waals surface area contributed by atoms with Gasteiger partial charge < -0.3 is 37.7 Å². The standard InChI is InChI=1S/C18H29N5O4/c19-8-2-1-3-15(21)17(26)23-16(10-20)18(27)22-13(11-24)9-12-4-6-14(25)7-5-12/h4-7,11,13,15-16,25H,1-3,8-10,19-21H2,(H,22,27)(H,23,26)/t13-,15-,16+/m1/s1. The molecular weight excluding hydrogens is 350 g/mol. The number of hydrogen-bond acceptors (Lipinski definition) is 7. The average molecular weight is 379 g/mol. The Kier molecular flexibility index (Phi) is 10.0. The summed E-state index contributed by atoms with van der Waals surface area (Å²) in [4.78, 5) is 35.7. The highest BCUT2D eigenvalue weighted by atomic mass is 16.3. The number of rotatable bonds is 12. The van der Waals surface area contributed by atoms with Gasteiger partial charge in [-0.2, -0.15) is 0 Å². The lowest BCUT2D eigenvalue weighted by atomic mass is 10.1. The summed E-state index contributed by atoms with van der Waals surface area (Å²) in [6, 6.07) is 3.77. The highest BCUT2D eigenvalue weighted by molar-refractivity contribution is 5.91. The number of benzene rings is 1. The molecule has 1 rings (SSSR count). The van der Waals surface area contributed by atoms with E-state index in [-0.39, 0.29) is 18.7 Å². The first-order valence-electron chi connectivity index (χ1n) is 8.91. The molecule has 0 radical (unpaired) electrons. The van der Waals surface area contributed by atoms with Gasteiger partial charge in [-0.15, -0.1) is 0 Å². The molecule has 3 atom stereocenters. The number of hydrogen-bond donors (Lipinski definition) is 6. The minimum atomic E-state index is -0.986. The summed E-state index contributed by atoms with van der Waals surface area (Å²) in [5.74, 6) is -0.922. The first-order chi connectivity index (χ1) is 12.9. The highest BCUT2D eigenvalue weighted by Crippen LogP contribution is 2.11. The van der Waals surface area contributed by atoms with Crippen LogP contribution >= 0.6 is 0 Å². The Morgan fingerprint density at radius 3 is 2.30 bits per heavy atom. The van der Waals surface area contributed by atoms with Crippen LogP contribution in [0.1, 0.15) is 24.8 Å². The van der Waals surface area contributed by atoms with Crippen LogP contribution in [0.3, 0.4) is 0 Å². The monoisotopic (exact) mass is 379 g/mol. The minimum absolute atomic E-state index is 0.110. The fourth-order valence-corrected chi connectivity index (χ4v) is 2.45. The maximum Gasteiger partial charge on any atom is 0.244 e. The van der Waals surface area contributed by atoms with Gasteiger partial charge in [0, 0.05) is 6.54 Å². The highest BCUT2D eigenvalue weighted by Gasteiger charge is 2.24. The Hall–Kier alpha value is -2.49. The fourth-order valence-electron chi connectivity index (χ4n) is 2.45. The second-order valence-electron chi connectivity index (χ2n) is 6.31. The lowest BCUT2D eigenvalue weighted by molar-refractivity contribution is -0.130. The van der Waals surface area contributed by atoms with E-state index in [1.54, 1.807) is 12.1 Å². The maximum atomic E-state index is 12.3. The predicted octanol–water partition coefficient (Wildman–Crippen LogP) is -1.48. The summed E-state index contributed by atoms with van der Waals surface area (Å²) in [5.41, 5.74) is 17.5. The minimum Gasteiger partial charge on any atom is -0.508 e. The lowest BCUT2D eigenvalue weighted by Crippen LogP contribution is -2.56. The molecule has 0 aromatic heterocycles. The Morgan fingerprint density at radius 1 is 1.07 bits per heavy atom. The predicted molar refractivity (Wildman–Crippen MR) is 102 cm³/mol. The van der Waals surface area contributed by atoms with E-state index in [4.69, 9.17) is 17.2 Å². The molecule has 150 valence electrons. The molecule has 9 nitrogen and oxygen atoms in total. The second kappa shape index (κ2) is 12.0. The molecule has 0 spiro atoms. The zero-order valence-corrected chi connectivity index (χ0v) is 15.3. The van der Waals surface area contributed by atoms with Gasteiger partial charge in [-0.3, -0.25) is 9.59 Å². The van der Waals surface area contributed by atoms with Gasteiger partial charge in [-0.1, -0.05) is 18.6 Å². The summed E-state index contributed by atoms with van der Waals surface area (Å²) in [7, 11) is 0. The molecule has 0 saturated heterocycles. The summed E-state index contributed by atoms with van der Waals surface area (Å²) >= 11 is 0. The maximum absolute atomic E-state index is 12.3. The Balaban J connectivity index is 2.58. The van der Waals surface area contributed by atoms with E-state index in [2.05, 4.69) is 10.6 Å². The zero-order valence-electron chi connectivity index (χ0n) is 15.3. The van der Waals surface area contributed by atoms with Crippen molar-refractivity contribution < 1.29 is 19.5 Å². The number of unbranched alkanes of at least 4 members (excludes halogenated alkanes) is 1. The number of nitrogens with one attached hydrogen (secondary N) is 2. The van der Waals surface area contributed by atoms with Crippen LogP contribution in [0.5, 0.6) is 5.75 Å². The Bertz CT molecular complexity index is 608. The number of nitrogens with two attached hydrogens (primary N) is 3. The van der Waals surface area contributed by atoms with Crippen LogP contribution in [0.2, 0.25) is 0 Å². The molecule has 0 aliphatic carbocycles. The molecule has 0 aliphatic heterocycles. The molecule has 0 aliphatic rings. The van der Waals surface area contributed by atoms with Gasteiger partial charge in [0.2, 0.25) is 11.8 Å². The molecule has 0 heterocycles. The van der Waals surface area contributed by atoms with Crippen molar-refractivity contribution in [1.82, 2.24) is 10.6 Å². The quantitative estimate of drug-likeness (QED) is 0.190.